The van der Waals surface area contributed by atoms with E-state index in [9.17, 15) is 9.18 Å². The van der Waals surface area contributed by atoms with Gasteiger partial charge in [0.25, 0.3) is 5.91 Å². The summed E-state index contributed by atoms with van der Waals surface area (Å²) in [5.74, 6) is 1.83. The van der Waals surface area contributed by atoms with Gasteiger partial charge in [-0.25, -0.2) is 9.07 Å². The molecule has 2 heterocycles. The molecule has 1 amide bonds. The molecule has 3 aromatic carbocycles. The predicted octanol–water partition coefficient (Wildman–Crippen LogP) is 7.67. The Kier molecular flexibility index (Phi) is 9.48. The van der Waals surface area contributed by atoms with Crippen LogP contribution >= 0.6 is 23.2 Å². The number of aromatic nitrogens is 3. The third-order valence-corrected chi connectivity index (χ3v) is 6.95. The first-order valence-corrected chi connectivity index (χ1v) is 14.1. The third kappa shape index (κ3) is 6.93. The van der Waals surface area contributed by atoms with Crippen LogP contribution in [0.25, 0.3) is 16.6 Å². The number of nitrogens with zero attached hydrogens (tertiary/aromatic N) is 3. The molecule has 9 nitrogen and oxygen atoms in total. The second-order valence-corrected chi connectivity index (χ2v) is 10.0. The lowest BCUT2D eigenvalue weighted by Gasteiger charge is -2.13. The van der Waals surface area contributed by atoms with Crippen molar-refractivity contribution in [2.75, 3.05) is 32.0 Å². The number of hydrogen-bond acceptors (Lipinski definition) is 7. The zero-order chi connectivity index (χ0) is 30.3. The highest BCUT2D eigenvalue weighted by Gasteiger charge is 2.20. The molecule has 1 N–H and O–H groups in total. The number of rotatable bonds is 12. The topological polar surface area (TPSA) is 96.7 Å². The number of methoxy groups -OCH3 is 2. The molecule has 43 heavy (non-hydrogen) atoms. The average Bonchev–Trinajstić information content (AvgIpc) is 3.44. The summed E-state index contributed by atoms with van der Waals surface area (Å²) in [6.07, 6.45) is 4.67. The molecule has 2 aromatic heterocycles. The van der Waals surface area contributed by atoms with Crippen molar-refractivity contribution in [1.29, 1.82) is 0 Å². The van der Waals surface area contributed by atoms with E-state index in [0.29, 0.717) is 64.2 Å². The number of benzene rings is 3. The fraction of sp³-hybridized carbons (Fsp3) is 0.194. The van der Waals surface area contributed by atoms with Gasteiger partial charge in [-0.2, -0.15) is 5.10 Å². The monoisotopic (exact) mass is 624 g/mol. The van der Waals surface area contributed by atoms with E-state index < -0.39 is 5.91 Å². The molecule has 0 radical (unpaired) electrons. The lowest BCUT2D eigenvalue weighted by molar-refractivity contribution is 0.101. The molecule has 0 saturated carbocycles. The lowest BCUT2D eigenvalue weighted by Crippen LogP contribution is -2.14. The quantitative estimate of drug-likeness (QED) is 0.112. The first-order valence-electron chi connectivity index (χ1n) is 13.2. The van der Waals surface area contributed by atoms with Crippen LogP contribution in [-0.2, 0) is 0 Å². The average molecular weight is 625 g/mol. The van der Waals surface area contributed by atoms with E-state index in [0.717, 1.165) is 6.42 Å². The van der Waals surface area contributed by atoms with Gasteiger partial charge in [0.05, 0.1) is 43.3 Å². The molecule has 5 aromatic rings. The van der Waals surface area contributed by atoms with E-state index in [1.807, 2.05) is 0 Å². The zero-order valence-electron chi connectivity index (χ0n) is 23.3. The second kappa shape index (κ2) is 13.6. The van der Waals surface area contributed by atoms with Crippen molar-refractivity contribution in [2.45, 2.75) is 12.8 Å². The van der Waals surface area contributed by atoms with Gasteiger partial charge in [-0.3, -0.25) is 9.78 Å². The summed E-state index contributed by atoms with van der Waals surface area (Å²) in [5, 5.41) is 8.17. The number of hydrogen-bond donors (Lipinski definition) is 1. The van der Waals surface area contributed by atoms with Gasteiger partial charge in [-0.15, -0.1) is 11.6 Å². The second-order valence-electron chi connectivity index (χ2n) is 9.24. The zero-order valence-corrected chi connectivity index (χ0v) is 24.8. The Labute approximate surface area is 257 Å². The number of carbonyl (C=O) groups is 1. The normalized spacial score (nSPS) is 10.9. The fourth-order valence-corrected chi connectivity index (χ4v) is 4.64. The van der Waals surface area contributed by atoms with Crippen LogP contribution in [0.5, 0.6) is 28.7 Å². The summed E-state index contributed by atoms with van der Waals surface area (Å²) in [4.78, 5) is 17.7. The Morgan fingerprint density at radius 2 is 1.70 bits per heavy atom. The maximum atomic E-state index is 13.4. The highest BCUT2D eigenvalue weighted by atomic mass is 35.5. The smallest absolute Gasteiger partial charge is 0.280 e. The summed E-state index contributed by atoms with van der Waals surface area (Å²) in [6.45, 7) is 0.350. The molecular formula is C31H27Cl2FN4O5. The number of anilines is 1. The number of fused-ring (bicyclic) bond motifs is 1. The first-order chi connectivity index (χ1) is 20.9. The molecule has 5 rings (SSSR count). The van der Waals surface area contributed by atoms with E-state index in [4.69, 9.17) is 42.1 Å². The van der Waals surface area contributed by atoms with Crippen molar-refractivity contribution in [1.82, 2.24) is 14.8 Å². The Bertz CT molecular complexity index is 1750. The molecule has 0 aliphatic heterocycles. The van der Waals surface area contributed by atoms with Crippen molar-refractivity contribution < 1.29 is 28.1 Å². The van der Waals surface area contributed by atoms with Crippen molar-refractivity contribution in [3.63, 3.8) is 0 Å². The maximum absolute atomic E-state index is 13.4. The van der Waals surface area contributed by atoms with Gasteiger partial charge in [-0.1, -0.05) is 11.6 Å². The minimum Gasteiger partial charge on any atom is -0.493 e. The van der Waals surface area contributed by atoms with Crippen molar-refractivity contribution in [2.24, 2.45) is 0 Å². The van der Waals surface area contributed by atoms with Crippen LogP contribution in [-0.4, -0.2) is 47.4 Å². The predicted molar refractivity (Wildman–Crippen MR) is 163 cm³/mol. The number of unbranched alkanes of at least 4 members (excludes halogenated alkanes) is 1. The summed E-state index contributed by atoms with van der Waals surface area (Å²) in [5.41, 5.74) is 1.68. The van der Waals surface area contributed by atoms with E-state index >= 15 is 0 Å². The van der Waals surface area contributed by atoms with Gasteiger partial charge in [0, 0.05) is 29.2 Å². The Balaban J connectivity index is 1.36. The molecular weight excluding hydrogens is 598 g/mol. The number of amides is 1. The number of pyridine rings is 1. The number of carbonyl (C=O) groups excluding carboxylic acids is 1. The molecule has 0 spiro atoms. The molecule has 0 aliphatic rings. The van der Waals surface area contributed by atoms with Crippen LogP contribution in [0, 0.1) is 5.82 Å². The lowest BCUT2D eigenvalue weighted by atomic mass is 10.2. The van der Waals surface area contributed by atoms with Gasteiger partial charge in [0.1, 0.15) is 17.3 Å². The first kappa shape index (κ1) is 29.9. The molecule has 0 fully saturated rings. The van der Waals surface area contributed by atoms with Crippen LogP contribution < -0.4 is 24.3 Å². The Morgan fingerprint density at radius 3 is 2.42 bits per heavy atom. The van der Waals surface area contributed by atoms with E-state index in [1.54, 1.807) is 75.1 Å². The minimum atomic E-state index is -0.515. The van der Waals surface area contributed by atoms with Crippen molar-refractivity contribution in [3.05, 3.63) is 89.6 Å². The van der Waals surface area contributed by atoms with E-state index in [1.165, 1.54) is 16.8 Å². The standard InChI is InChI=1S/C31H27Cl2FN4O5/c1-40-27-16-22-24(17-28(27)41-2)35-13-11-25(22)43-26-10-7-20(15-23(26)33)36-31(39)30-29(42-14-4-3-12-32)18-38(37-30)21-8-5-19(34)6-9-21/h5-11,13,15-18H,3-4,12,14H2,1-2H3,(H,36,39). The summed E-state index contributed by atoms with van der Waals surface area (Å²) >= 11 is 12.3. The Morgan fingerprint density at radius 1 is 0.930 bits per heavy atom. The number of alkyl halides is 1. The third-order valence-electron chi connectivity index (χ3n) is 6.39. The van der Waals surface area contributed by atoms with E-state index in [2.05, 4.69) is 15.4 Å². The number of halogens is 3. The molecule has 0 atom stereocenters. The molecule has 0 saturated heterocycles. The fourth-order valence-electron chi connectivity index (χ4n) is 4.23. The van der Waals surface area contributed by atoms with Crippen LogP contribution in [0.3, 0.4) is 0 Å². The van der Waals surface area contributed by atoms with Gasteiger partial charge in [0.15, 0.2) is 22.9 Å². The summed E-state index contributed by atoms with van der Waals surface area (Å²) in [7, 11) is 3.10. The summed E-state index contributed by atoms with van der Waals surface area (Å²) < 4.78 is 37.7. The van der Waals surface area contributed by atoms with Gasteiger partial charge < -0.3 is 24.3 Å². The summed E-state index contributed by atoms with van der Waals surface area (Å²) in [6, 6.07) is 15.9. The number of nitrogens with one attached hydrogen (secondary N) is 1. The molecule has 0 aliphatic carbocycles. The maximum Gasteiger partial charge on any atom is 0.280 e. The van der Waals surface area contributed by atoms with Crippen LogP contribution in [0.4, 0.5) is 10.1 Å². The molecule has 0 bridgehead atoms. The highest BCUT2D eigenvalue weighted by molar-refractivity contribution is 6.32. The van der Waals surface area contributed by atoms with Crippen molar-refractivity contribution >= 4 is 45.7 Å². The number of ether oxygens (including phenoxy) is 4. The minimum absolute atomic E-state index is 0.0549. The van der Waals surface area contributed by atoms with Crippen LogP contribution in [0.15, 0.2) is 73.1 Å². The van der Waals surface area contributed by atoms with Gasteiger partial charge in [-0.05, 0) is 67.4 Å². The van der Waals surface area contributed by atoms with Crippen molar-refractivity contribution in [3.8, 4) is 34.4 Å². The Hall–Kier alpha value is -4.54. The largest absolute Gasteiger partial charge is 0.493 e. The molecule has 0 unspecified atom stereocenters. The molecule has 222 valence electrons. The van der Waals surface area contributed by atoms with Crippen LogP contribution in [0.2, 0.25) is 5.02 Å². The van der Waals surface area contributed by atoms with Gasteiger partial charge in [0.2, 0.25) is 0 Å². The van der Waals surface area contributed by atoms with E-state index in [-0.39, 0.29) is 22.3 Å². The SMILES string of the molecule is COc1cc2nccc(Oc3ccc(NC(=O)c4nn(-c5ccc(F)cc5)cc4OCCCCCl)cc3Cl)c2cc1OC. The van der Waals surface area contributed by atoms with Gasteiger partial charge >= 0.3 is 0 Å². The molecule has 12 heteroatoms. The van der Waals surface area contributed by atoms with Crippen LogP contribution in [0.1, 0.15) is 23.3 Å². The highest BCUT2D eigenvalue weighted by Crippen LogP contribution is 2.39.